The SMILES string of the molecule is CC(=O)O[C@@H]1CCC2=C3CC[C@@]4(C)CCC[C@@H]4[C@@H]3C[C@H](OC(C)=O)[C@]2(C)C1. The molecule has 3 fully saturated rings. The van der Waals surface area contributed by atoms with Crippen LogP contribution in [0.3, 0.4) is 0 Å². The molecule has 4 heteroatoms. The van der Waals surface area contributed by atoms with Gasteiger partial charge in [0.2, 0.25) is 0 Å². The second-order valence-corrected chi connectivity index (χ2v) is 9.99. The molecule has 3 saturated carbocycles. The molecule has 0 unspecified atom stereocenters. The number of carbonyl (C=O) groups is 2. The first-order valence-electron chi connectivity index (χ1n) is 10.8. The van der Waals surface area contributed by atoms with Crippen LogP contribution >= 0.6 is 0 Å². The van der Waals surface area contributed by atoms with E-state index in [1.54, 1.807) is 5.57 Å². The summed E-state index contributed by atoms with van der Waals surface area (Å²) in [6, 6.07) is 0. The van der Waals surface area contributed by atoms with Gasteiger partial charge in [0.1, 0.15) is 12.2 Å². The molecule has 4 rings (SSSR count). The number of carbonyl (C=O) groups excluding carboxylic acids is 2. The maximum absolute atomic E-state index is 11.9. The van der Waals surface area contributed by atoms with E-state index in [1.807, 2.05) is 0 Å². The molecule has 0 amide bonds. The molecule has 0 bridgehead atoms. The van der Waals surface area contributed by atoms with Gasteiger partial charge in [-0.05, 0) is 68.6 Å². The molecule has 4 aliphatic carbocycles. The normalized spacial score (nSPS) is 43.4. The van der Waals surface area contributed by atoms with Crippen LogP contribution in [0.5, 0.6) is 0 Å². The van der Waals surface area contributed by atoms with Crippen LogP contribution in [0.2, 0.25) is 0 Å². The predicted molar refractivity (Wildman–Crippen MR) is 103 cm³/mol. The molecule has 4 aliphatic rings. The van der Waals surface area contributed by atoms with E-state index in [1.165, 1.54) is 51.5 Å². The summed E-state index contributed by atoms with van der Waals surface area (Å²) in [5.41, 5.74) is 3.48. The van der Waals surface area contributed by atoms with Gasteiger partial charge in [-0.15, -0.1) is 0 Å². The van der Waals surface area contributed by atoms with Crippen molar-refractivity contribution >= 4 is 11.9 Å². The molecule has 6 atom stereocenters. The Bertz CT molecular complexity index is 680. The Morgan fingerprint density at radius 2 is 1.74 bits per heavy atom. The average molecular weight is 375 g/mol. The zero-order valence-corrected chi connectivity index (χ0v) is 17.3. The number of allylic oxidation sites excluding steroid dienone is 1. The Kier molecular flexibility index (Phi) is 4.67. The van der Waals surface area contributed by atoms with Gasteiger partial charge in [-0.25, -0.2) is 0 Å². The summed E-state index contributed by atoms with van der Waals surface area (Å²) in [6.45, 7) is 7.74. The van der Waals surface area contributed by atoms with Crippen LogP contribution in [0, 0.1) is 22.7 Å². The van der Waals surface area contributed by atoms with E-state index in [0.29, 0.717) is 11.3 Å². The smallest absolute Gasteiger partial charge is 0.302 e. The van der Waals surface area contributed by atoms with Crippen molar-refractivity contribution in [3.8, 4) is 0 Å². The Hall–Kier alpha value is -1.32. The lowest BCUT2D eigenvalue weighted by molar-refractivity contribution is -0.162. The van der Waals surface area contributed by atoms with E-state index in [4.69, 9.17) is 9.47 Å². The van der Waals surface area contributed by atoms with Gasteiger partial charge < -0.3 is 9.47 Å². The van der Waals surface area contributed by atoms with E-state index in [-0.39, 0.29) is 29.6 Å². The van der Waals surface area contributed by atoms with Gasteiger partial charge in [-0.2, -0.15) is 0 Å². The van der Waals surface area contributed by atoms with Crippen molar-refractivity contribution in [2.24, 2.45) is 22.7 Å². The first-order chi connectivity index (χ1) is 12.7. The summed E-state index contributed by atoms with van der Waals surface area (Å²) in [7, 11) is 0. The number of rotatable bonds is 2. The summed E-state index contributed by atoms with van der Waals surface area (Å²) in [5.74, 6) is 0.909. The lowest BCUT2D eigenvalue weighted by Gasteiger charge is -2.55. The lowest BCUT2D eigenvalue weighted by Crippen LogP contribution is -2.51. The van der Waals surface area contributed by atoms with Crippen LogP contribution in [0.25, 0.3) is 0 Å². The number of fused-ring (bicyclic) bond motifs is 4. The van der Waals surface area contributed by atoms with Crippen LogP contribution < -0.4 is 0 Å². The summed E-state index contributed by atoms with van der Waals surface area (Å²) in [4.78, 5) is 23.4. The van der Waals surface area contributed by atoms with Crippen molar-refractivity contribution in [2.75, 3.05) is 0 Å². The molecule has 0 N–H and O–H groups in total. The van der Waals surface area contributed by atoms with Gasteiger partial charge in [-0.3, -0.25) is 9.59 Å². The Balaban J connectivity index is 1.71. The fourth-order valence-electron chi connectivity index (χ4n) is 7.13. The van der Waals surface area contributed by atoms with E-state index < -0.39 is 0 Å². The van der Waals surface area contributed by atoms with Gasteiger partial charge in [0, 0.05) is 19.3 Å². The van der Waals surface area contributed by atoms with Crippen LogP contribution in [0.4, 0.5) is 0 Å². The Labute approximate surface area is 163 Å². The standard InChI is InChI=1S/C23H34O4/c1-14(24)26-16-7-8-20-17-9-11-22(3)10-5-6-19(22)18(17)12-21(27-15(2)25)23(20,4)13-16/h16,18-19,21H,5-13H2,1-4H3/t16-,18-,19-,21+,22-,23-/m1/s1. The molecule has 150 valence electrons. The topological polar surface area (TPSA) is 52.6 Å². The molecule has 4 nitrogen and oxygen atoms in total. The van der Waals surface area contributed by atoms with Crippen LogP contribution in [0.15, 0.2) is 11.1 Å². The quantitative estimate of drug-likeness (QED) is 0.506. The average Bonchev–Trinajstić information content (AvgIpc) is 2.96. The predicted octanol–water partition coefficient (Wildman–Crippen LogP) is 4.96. The molecule has 0 aromatic rings. The number of hydrogen-bond donors (Lipinski definition) is 0. The maximum atomic E-state index is 11.9. The first-order valence-corrected chi connectivity index (χ1v) is 10.8. The molecular formula is C23H34O4. The van der Waals surface area contributed by atoms with Crippen molar-refractivity contribution in [1.29, 1.82) is 0 Å². The first kappa shape index (κ1) is 19.0. The Morgan fingerprint density at radius 3 is 2.44 bits per heavy atom. The largest absolute Gasteiger partial charge is 0.463 e. The highest BCUT2D eigenvalue weighted by molar-refractivity contribution is 5.67. The highest BCUT2D eigenvalue weighted by atomic mass is 16.5. The third kappa shape index (κ3) is 3.13. The fraction of sp³-hybridized carbons (Fsp3) is 0.826. The minimum atomic E-state index is -0.211. The molecule has 27 heavy (non-hydrogen) atoms. The third-order valence-electron chi connectivity index (χ3n) is 8.32. The van der Waals surface area contributed by atoms with Crippen LogP contribution in [0.1, 0.15) is 85.5 Å². The molecule has 0 heterocycles. The number of hydrogen-bond acceptors (Lipinski definition) is 4. The van der Waals surface area contributed by atoms with Gasteiger partial charge in [0.25, 0.3) is 0 Å². The third-order valence-corrected chi connectivity index (χ3v) is 8.32. The van der Waals surface area contributed by atoms with Crippen molar-refractivity contribution in [2.45, 2.75) is 97.7 Å². The lowest BCUT2D eigenvalue weighted by atomic mass is 9.52. The number of esters is 2. The molecule has 0 saturated heterocycles. The maximum Gasteiger partial charge on any atom is 0.302 e. The van der Waals surface area contributed by atoms with E-state index >= 15 is 0 Å². The van der Waals surface area contributed by atoms with Crippen LogP contribution in [-0.4, -0.2) is 24.1 Å². The van der Waals surface area contributed by atoms with Crippen molar-refractivity contribution in [3.05, 3.63) is 11.1 Å². The molecule has 0 aromatic carbocycles. The van der Waals surface area contributed by atoms with Gasteiger partial charge in [0.15, 0.2) is 0 Å². The Morgan fingerprint density at radius 1 is 1.00 bits per heavy atom. The summed E-state index contributed by atoms with van der Waals surface area (Å²) in [6.07, 6.45) is 9.94. The van der Waals surface area contributed by atoms with E-state index in [9.17, 15) is 9.59 Å². The molecule has 0 aliphatic heterocycles. The minimum absolute atomic E-state index is 0.0632. The number of ether oxygens (including phenoxy) is 2. The minimum Gasteiger partial charge on any atom is -0.463 e. The zero-order valence-electron chi connectivity index (χ0n) is 17.3. The van der Waals surface area contributed by atoms with Gasteiger partial charge in [0.05, 0.1) is 0 Å². The zero-order chi connectivity index (χ0) is 19.4. The highest BCUT2D eigenvalue weighted by Gasteiger charge is 2.56. The summed E-state index contributed by atoms with van der Waals surface area (Å²) >= 11 is 0. The fourth-order valence-corrected chi connectivity index (χ4v) is 7.13. The van der Waals surface area contributed by atoms with Crippen molar-refractivity contribution < 1.29 is 19.1 Å². The van der Waals surface area contributed by atoms with Gasteiger partial charge >= 0.3 is 11.9 Å². The second kappa shape index (κ2) is 6.63. The van der Waals surface area contributed by atoms with Crippen molar-refractivity contribution in [1.82, 2.24) is 0 Å². The van der Waals surface area contributed by atoms with Crippen LogP contribution in [-0.2, 0) is 19.1 Å². The highest BCUT2D eigenvalue weighted by Crippen LogP contribution is 2.63. The second-order valence-electron chi connectivity index (χ2n) is 9.99. The summed E-state index contributed by atoms with van der Waals surface area (Å²) in [5, 5.41) is 0. The van der Waals surface area contributed by atoms with Crippen molar-refractivity contribution in [3.63, 3.8) is 0 Å². The van der Waals surface area contributed by atoms with Gasteiger partial charge in [-0.1, -0.05) is 31.4 Å². The molecule has 0 spiro atoms. The molecular weight excluding hydrogens is 340 g/mol. The monoisotopic (exact) mass is 374 g/mol. The van der Waals surface area contributed by atoms with E-state index in [0.717, 1.165) is 31.6 Å². The summed E-state index contributed by atoms with van der Waals surface area (Å²) < 4.78 is 11.5. The molecule has 0 aromatic heterocycles. The molecule has 0 radical (unpaired) electrons. The van der Waals surface area contributed by atoms with E-state index in [2.05, 4.69) is 13.8 Å².